The van der Waals surface area contributed by atoms with Gasteiger partial charge in [-0.25, -0.2) is 0 Å². The standard InChI is InChI=1S/C10H8NO/c11-9-3-1-7-2-4-10(12)6-8(7)5-9/h1-6H,11H2. The monoisotopic (exact) mass is 158 g/mol. The minimum Gasteiger partial charge on any atom is -0.399 e. The van der Waals surface area contributed by atoms with E-state index in [9.17, 15) is 5.11 Å². The highest BCUT2D eigenvalue weighted by Crippen LogP contribution is 2.21. The molecule has 2 nitrogen and oxygen atoms in total. The average molecular weight is 158 g/mol. The highest BCUT2D eigenvalue weighted by atomic mass is 16.3. The third kappa shape index (κ3) is 1.07. The first-order valence-corrected chi connectivity index (χ1v) is 3.72. The molecule has 0 saturated carbocycles. The molecule has 0 amide bonds. The predicted molar refractivity (Wildman–Crippen MR) is 48.5 cm³/mol. The number of fused-ring (bicyclic) bond motifs is 1. The molecule has 0 spiro atoms. The van der Waals surface area contributed by atoms with Crippen LogP contribution in [0.2, 0.25) is 0 Å². The van der Waals surface area contributed by atoms with E-state index in [4.69, 9.17) is 5.73 Å². The number of benzene rings is 2. The van der Waals surface area contributed by atoms with Crippen molar-refractivity contribution < 1.29 is 5.11 Å². The van der Waals surface area contributed by atoms with Gasteiger partial charge in [-0.1, -0.05) is 12.1 Å². The minimum atomic E-state index is 0.0214. The van der Waals surface area contributed by atoms with Crippen molar-refractivity contribution in [3.63, 3.8) is 0 Å². The van der Waals surface area contributed by atoms with Crippen LogP contribution >= 0.6 is 0 Å². The summed E-state index contributed by atoms with van der Waals surface area (Å²) in [7, 11) is 0. The highest BCUT2D eigenvalue weighted by molar-refractivity contribution is 5.86. The van der Waals surface area contributed by atoms with Gasteiger partial charge in [0.15, 0.2) is 5.75 Å². The topological polar surface area (TPSA) is 45.9 Å². The average Bonchev–Trinajstić information content (AvgIpc) is 2.03. The summed E-state index contributed by atoms with van der Waals surface area (Å²) in [5.41, 5.74) is 6.26. The van der Waals surface area contributed by atoms with Crippen molar-refractivity contribution in [2.45, 2.75) is 0 Å². The van der Waals surface area contributed by atoms with E-state index in [-0.39, 0.29) is 5.75 Å². The van der Waals surface area contributed by atoms with Crippen LogP contribution in [0.1, 0.15) is 0 Å². The fourth-order valence-corrected chi connectivity index (χ4v) is 1.24. The van der Waals surface area contributed by atoms with Crippen LogP contribution in [-0.2, 0) is 5.11 Å². The van der Waals surface area contributed by atoms with Crippen molar-refractivity contribution in [2.75, 3.05) is 5.73 Å². The molecule has 0 aromatic heterocycles. The number of nitrogen functional groups attached to an aromatic ring is 1. The lowest BCUT2D eigenvalue weighted by Crippen LogP contribution is -1.82. The van der Waals surface area contributed by atoms with Crippen LogP contribution in [0.3, 0.4) is 0 Å². The summed E-state index contributed by atoms with van der Waals surface area (Å²) < 4.78 is 0. The van der Waals surface area contributed by atoms with Crippen LogP contribution < -0.4 is 5.73 Å². The molecule has 0 aliphatic carbocycles. The Balaban J connectivity index is 2.80. The van der Waals surface area contributed by atoms with Gasteiger partial charge in [0, 0.05) is 5.69 Å². The fraction of sp³-hybridized carbons (Fsp3) is 0. The number of nitrogens with two attached hydrogens (primary N) is 1. The van der Waals surface area contributed by atoms with Crippen molar-refractivity contribution in [3.8, 4) is 5.75 Å². The third-order valence-electron chi connectivity index (χ3n) is 1.84. The molecular weight excluding hydrogens is 150 g/mol. The van der Waals surface area contributed by atoms with Gasteiger partial charge in [0.05, 0.1) is 0 Å². The Hall–Kier alpha value is -1.70. The lowest BCUT2D eigenvalue weighted by molar-refractivity contribution is 0.355. The van der Waals surface area contributed by atoms with Gasteiger partial charge in [-0.2, -0.15) is 0 Å². The summed E-state index contributed by atoms with van der Waals surface area (Å²) in [5.74, 6) is 0.0214. The maximum Gasteiger partial charge on any atom is 0.179 e. The summed E-state index contributed by atoms with van der Waals surface area (Å²) in [5, 5.41) is 12.9. The molecule has 0 unspecified atom stereocenters. The molecule has 12 heavy (non-hydrogen) atoms. The smallest absolute Gasteiger partial charge is 0.179 e. The van der Waals surface area contributed by atoms with Crippen LogP contribution in [0.4, 0.5) is 5.69 Å². The zero-order chi connectivity index (χ0) is 8.55. The molecule has 2 aromatic carbocycles. The van der Waals surface area contributed by atoms with Crippen LogP contribution in [0.15, 0.2) is 36.4 Å². The summed E-state index contributed by atoms with van der Waals surface area (Å²) in [6.45, 7) is 0. The first-order valence-electron chi connectivity index (χ1n) is 3.72. The van der Waals surface area contributed by atoms with Crippen LogP contribution in [0, 0.1) is 0 Å². The van der Waals surface area contributed by atoms with Crippen molar-refractivity contribution in [2.24, 2.45) is 0 Å². The number of hydrogen-bond acceptors (Lipinski definition) is 1. The number of hydrogen-bond donors (Lipinski definition) is 1. The fourth-order valence-electron chi connectivity index (χ4n) is 1.24. The molecule has 0 bridgehead atoms. The first kappa shape index (κ1) is 6.98. The molecule has 0 saturated heterocycles. The molecule has 0 aliphatic rings. The Morgan fingerprint density at radius 2 is 1.67 bits per heavy atom. The van der Waals surface area contributed by atoms with Gasteiger partial charge < -0.3 is 5.73 Å². The van der Waals surface area contributed by atoms with Crippen molar-refractivity contribution in [3.05, 3.63) is 36.4 Å². The SMILES string of the molecule is Nc1ccc2ccc([O])cc2c1. The predicted octanol–water partition coefficient (Wildman–Crippen LogP) is 2.57. The summed E-state index contributed by atoms with van der Waals surface area (Å²) in [4.78, 5) is 0. The first-order chi connectivity index (χ1) is 5.75. The number of rotatable bonds is 0. The molecule has 1 radical (unpaired) electrons. The summed E-state index contributed by atoms with van der Waals surface area (Å²) in [6.07, 6.45) is 0. The Kier molecular flexibility index (Phi) is 1.40. The molecular formula is C10H8NO. The van der Waals surface area contributed by atoms with E-state index >= 15 is 0 Å². The molecule has 2 aromatic rings. The lowest BCUT2D eigenvalue weighted by Gasteiger charge is -1.98. The Morgan fingerprint density at radius 1 is 0.917 bits per heavy atom. The van der Waals surface area contributed by atoms with Gasteiger partial charge in [0.1, 0.15) is 0 Å². The van der Waals surface area contributed by atoms with Gasteiger partial charge >= 0.3 is 0 Å². The van der Waals surface area contributed by atoms with E-state index < -0.39 is 0 Å². The maximum atomic E-state index is 11.0. The summed E-state index contributed by atoms with van der Waals surface area (Å²) in [6, 6.07) is 10.5. The van der Waals surface area contributed by atoms with Crippen molar-refractivity contribution in [1.82, 2.24) is 0 Å². The number of anilines is 1. The third-order valence-corrected chi connectivity index (χ3v) is 1.84. The normalized spacial score (nSPS) is 10.3. The van der Waals surface area contributed by atoms with Gasteiger partial charge in [-0.3, -0.25) is 5.11 Å². The van der Waals surface area contributed by atoms with Crippen LogP contribution in [0.5, 0.6) is 5.75 Å². The van der Waals surface area contributed by atoms with Crippen molar-refractivity contribution in [1.29, 1.82) is 0 Å². The van der Waals surface area contributed by atoms with Gasteiger partial charge in [0.25, 0.3) is 0 Å². The molecule has 0 atom stereocenters. The van der Waals surface area contributed by atoms with Crippen molar-refractivity contribution >= 4 is 16.5 Å². The highest BCUT2D eigenvalue weighted by Gasteiger charge is 1.95. The largest absolute Gasteiger partial charge is 0.399 e. The van der Waals surface area contributed by atoms with Gasteiger partial charge in [-0.15, -0.1) is 0 Å². The molecule has 0 aliphatic heterocycles. The Morgan fingerprint density at radius 3 is 2.50 bits per heavy atom. The second-order valence-corrected chi connectivity index (χ2v) is 2.77. The van der Waals surface area contributed by atoms with Crippen LogP contribution in [0.25, 0.3) is 10.8 Å². The van der Waals surface area contributed by atoms with E-state index in [0.717, 1.165) is 10.8 Å². The molecule has 2 rings (SSSR count). The molecule has 0 heterocycles. The minimum absolute atomic E-state index is 0.0214. The van der Waals surface area contributed by atoms with E-state index in [0.29, 0.717) is 5.69 Å². The lowest BCUT2D eigenvalue weighted by atomic mass is 10.1. The zero-order valence-electron chi connectivity index (χ0n) is 6.45. The van der Waals surface area contributed by atoms with Crippen LogP contribution in [-0.4, -0.2) is 0 Å². The Labute approximate surface area is 70.2 Å². The second kappa shape index (κ2) is 2.41. The molecule has 59 valence electrons. The second-order valence-electron chi connectivity index (χ2n) is 2.77. The summed E-state index contributed by atoms with van der Waals surface area (Å²) >= 11 is 0. The molecule has 2 N–H and O–H groups in total. The molecule has 0 fully saturated rings. The maximum absolute atomic E-state index is 11.0. The van der Waals surface area contributed by atoms with E-state index in [2.05, 4.69) is 0 Å². The van der Waals surface area contributed by atoms with E-state index in [1.807, 2.05) is 12.1 Å². The van der Waals surface area contributed by atoms with E-state index in [1.165, 1.54) is 0 Å². The van der Waals surface area contributed by atoms with Gasteiger partial charge in [0.2, 0.25) is 0 Å². The zero-order valence-corrected chi connectivity index (χ0v) is 6.45. The quantitative estimate of drug-likeness (QED) is 0.588. The van der Waals surface area contributed by atoms with Gasteiger partial charge in [-0.05, 0) is 35.0 Å². The Bertz CT molecular complexity index is 386. The molecule has 2 heteroatoms. The van der Waals surface area contributed by atoms with E-state index in [1.54, 1.807) is 24.3 Å².